The Bertz CT molecular complexity index is 408. The van der Waals surface area contributed by atoms with Crippen LogP contribution in [0.4, 0.5) is 0 Å². The summed E-state index contributed by atoms with van der Waals surface area (Å²) in [5.74, 6) is 0. The number of rotatable bonds is 4. The summed E-state index contributed by atoms with van der Waals surface area (Å²) in [7, 11) is 1.69. The van der Waals surface area contributed by atoms with Gasteiger partial charge in [-0.25, -0.2) is 0 Å². The van der Waals surface area contributed by atoms with Crippen molar-refractivity contribution in [2.75, 3.05) is 7.11 Å². The van der Waals surface area contributed by atoms with Crippen LogP contribution in [0.3, 0.4) is 0 Å². The maximum atomic E-state index is 6.02. The molecule has 2 fully saturated rings. The standard InChI is InChI=1S/C15H20O4/c1-10-14-12(8-13(16-2)15(18-10)19-14)17-9-11-6-4-3-5-7-11/h3-7,10,12-15H,8-9H2,1-2H3/t10-,12-,13+,14+,15?/m0/s1. The highest BCUT2D eigenvalue weighted by Gasteiger charge is 2.48. The SMILES string of the molecule is CO[C@@H]1C[C@H](OCc2ccccc2)[C@@H]2OC1O[C@H]2C. The van der Waals surface area contributed by atoms with Crippen LogP contribution in [0.2, 0.25) is 0 Å². The topological polar surface area (TPSA) is 36.9 Å². The lowest BCUT2D eigenvalue weighted by Crippen LogP contribution is -2.45. The molecule has 2 aliphatic heterocycles. The smallest absolute Gasteiger partial charge is 0.184 e. The number of methoxy groups -OCH3 is 1. The third-order valence-corrected chi connectivity index (χ3v) is 3.85. The molecule has 0 N–H and O–H groups in total. The van der Waals surface area contributed by atoms with Crippen molar-refractivity contribution in [3.05, 3.63) is 35.9 Å². The number of fused-ring (bicyclic) bond motifs is 2. The summed E-state index contributed by atoms with van der Waals surface area (Å²) in [5, 5.41) is 0. The van der Waals surface area contributed by atoms with Gasteiger partial charge in [-0.05, 0) is 12.5 Å². The molecule has 4 nitrogen and oxygen atoms in total. The van der Waals surface area contributed by atoms with E-state index in [0.717, 1.165) is 6.42 Å². The summed E-state index contributed by atoms with van der Waals surface area (Å²) in [6.45, 7) is 2.63. The molecule has 2 saturated heterocycles. The monoisotopic (exact) mass is 264 g/mol. The van der Waals surface area contributed by atoms with Gasteiger partial charge in [0.1, 0.15) is 12.2 Å². The summed E-state index contributed by atoms with van der Waals surface area (Å²) in [6.07, 6.45) is 0.650. The van der Waals surface area contributed by atoms with E-state index in [-0.39, 0.29) is 30.7 Å². The van der Waals surface area contributed by atoms with Crippen LogP contribution in [0.1, 0.15) is 18.9 Å². The van der Waals surface area contributed by atoms with Crippen LogP contribution in [-0.4, -0.2) is 37.8 Å². The predicted octanol–water partition coefficient (Wildman–Crippen LogP) is 2.12. The maximum absolute atomic E-state index is 6.02. The minimum atomic E-state index is -0.235. The molecule has 104 valence electrons. The second kappa shape index (κ2) is 5.59. The molecule has 19 heavy (non-hydrogen) atoms. The first-order chi connectivity index (χ1) is 9.28. The van der Waals surface area contributed by atoms with Gasteiger partial charge in [-0.2, -0.15) is 0 Å². The summed E-state index contributed by atoms with van der Waals surface area (Å²) in [5.41, 5.74) is 1.17. The summed E-state index contributed by atoms with van der Waals surface area (Å²) in [6, 6.07) is 10.2. The van der Waals surface area contributed by atoms with Gasteiger partial charge >= 0.3 is 0 Å². The van der Waals surface area contributed by atoms with Crippen LogP contribution in [0.25, 0.3) is 0 Å². The van der Waals surface area contributed by atoms with E-state index >= 15 is 0 Å². The van der Waals surface area contributed by atoms with Crippen LogP contribution in [0, 0.1) is 0 Å². The van der Waals surface area contributed by atoms with Crippen LogP contribution >= 0.6 is 0 Å². The molecule has 0 saturated carbocycles. The molecule has 2 aliphatic rings. The average molecular weight is 264 g/mol. The van der Waals surface area contributed by atoms with Crippen molar-refractivity contribution in [3.63, 3.8) is 0 Å². The Morgan fingerprint density at radius 3 is 2.68 bits per heavy atom. The number of benzene rings is 1. The van der Waals surface area contributed by atoms with Gasteiger partial charge in [-0.3, -0.25) is 0 Å². The first-order valence-corrected chi connectivity index (χ1v) is 6.77. The molecule has 3 rings (SSSR count). The molecular formula is C15H20O4. The van der Waals surface area contributed by atoms with Crippen LogP contribution in [0.5, 0.6) is 0 Å². The molecule has 1 unspecified atom stereocenters. The highest BCUT2D eigenvalue weighted by molar-refractivity contribution is 5.13. The lowest BCUT2D eigenvalue weighted by Gasteiger charge is -2.33. The molecular weight excluding hydrogens is 244 g/mol. The minimum absolute atomic E-state index is 0.0140. The fraction of sp³-hybridized carbons (Fsp3) is 0.600. The summed E-state index contributed by atoms with van der Waals surface area (Å²) < 4.78 is 23.0. The molecule has 1 aromatic rings. The van der Waals surface area contributed by atoms with E-state index in [2.05, 4.69) is 12.1 Å². The van der Waals surface area contributed by atoms with E-state index in [9.17, 15) is 0 Å². The quantitative estimate of drug-likeness (QED) is 0.834. The van der Waals surface area contributed by atoms with Crippen LogP contribution < -0.4 is 0 Å². The Hall–Kier alpha value is -0.940. The fourth-order valence-corrected chi connectivity index (χ4v) is 2.77. The summed E-state index contributed by atoms with van der Waals surface area (Å²) >= 11 is 0. The Balaban J connectivity index is 1.63. The molecule has 0 amide bonds. The molecule has 1 aromatic carbocycles. The van der Waals surface area contributed by atoms with E-state index < -0.39 is 0 Å². The van der Waals surface area contributed by atoms with Gasteiger partial charge in [-0.15, -0.1) is 0 Å². The molecule has 0 spiro atoms. The Morgan fingerprint density at radius 2 is 1.95 bits per heavy atom. The number of ether oxygens (including phenoxy) is 4. The van der Waals surface area contributed by atoms with Crippen LogP contribution in [-0.2, 0) is 25.6 Å². The zero-order valence-electron chi connectivity index (χ0n) is 11.3. The second-order valence-electron chi connectivity index (χ2n) is 5.16. The van der Waals surface area contributed by atoms with Crippen molar-refractivity contribution in [2.24, 2.45) is 0 Å². The molecule has 0 aromatic heterocycles. The Kier molecular flexibility index (Phi) is 3.84. The lowest BCUT2D eigenvalue weighted by molar-refractivity contribution is -0.201. The van der Waals surface area contributed by atoms with E-state index in [1.54, 1.807) is 7.11 Å². The highest BCUT2D eigenvalue weighted by Crippen LogP contribution is 2.35. The maximum Gasteiger partial charge on any atom is 0.184 e. The summed E-state index contributed by atoms with van der Waals surface area (Å²) in [4.78, 5) is 0. The van der Waals surface area contributed by atoms with Gasteiger partial charge in [0.15, 0.2) is 6.29 Å². The van der Waals surface area contributed by atoms with Crippen molar-refractivity contribution >= 4 is 0 Å². The number of hydrogen-bond donors (Lipinski definition) is 0. The van der Waals surface area contributed by atoms with E-state index in [1.165, 1.54) is 5.56 Å². The Morgan fingerprint density at radius 1 is 1.16 bits per heavy atom. The van der Waals surface area contributed by atoms with Gasteiger partial charge in [0.2, 0.25) is 0 Å². The second-order valence-corrected chi connectivity index (χ2v) is 5.16. The minimum Gasteiger partial charge on any atom is -0.376 e. The molecule has 0 radical (unpaired) electrons. The van der Waals surface area contributed by atoms with E-state index in [4.69, 9.17) is 18.9 Å². The first-order valence-electron chi connectivity index (χ1n) is 6.77. The largest absolute Gasteiger partial charge is 0.376 e. The first kappa shape index (κ1) is 13.1. The zero-order valence-corrected chi connectivity index (χ0v) is 11.3. The fourth-order valence-electron chi connectivity index (χ4n) is 2.77. The molecule has 2 bridgehead atoms. The normalized spacial score (nSPS) is 37.5. The van der Waals surface area contributed by atoms with Gasteiger partial charge < -0.3 is 18.9 Å². The molecule has 0 aliphatic carbocycles. The van der Waals surface area contributed by atoms with Gasteiger partial charge in [0.05, 0.1) is 18.8 Å². The van der Waals surface area contributed by atoms with Gasteiger partial charge in [-0.1, -0.05) is 30.3 Å². The van der Waals surface area contributed by atoms with Gasteiger partial charge in [0, 0.05) is 13.5 Å². The van der Waals surface area contributed by atoms with Crippen molar-refractivity contribution in [3.8, 4) is 0 Å². The molecule has 4 heteroatoms. The number of hydrogen-bond acceptors (Lipinski definition) is 4. The van der Waals surface area contributed by atoms with Crippen molar-refractivity contribution < 1.29 is 18.9 Å². The Labute approximate surface area is 113 Å². The van der Waals surface area contributed by atoms with Crippen LogP contribution in [0.15, 0.2) is 30.3 Å². The van der Waals surface area contributed by atoms with E-state index in [0.29, 0.717) is 6.61 Å². The van der Waals surface area contributed by atoms with E-state index in [1.807, 2.05) is 25.1 Å². The zero-order chi connectivity index (χ0) is 13.2. The average Bonchev–Trinajstić information content (AvgIpc) is 2.77. The van der Waals surface area contributed by atoms with Crippen molar-refractivity contribution in [1.82, 2.24) is 0 Å². The van der Waals surface area contributed by atoms with Crippen molar-refractivity contribution in [1.29, 1.82) is 0 Å². The highest BCUT2D eigenvalue weighted by atomic mass is 16.8. The molecule has 5 atom stereocenters. The predicted molar refractivity (Wildman–Crippen MR) is 69.6 cm³/mol. The third kappa shape index (κ3) is 2.67. The molecule has 2 heterocycles. The van der Waals surface area contributed by atoms with Gasteiger partial charge in [0.25, 0.3) is 0 Å². The third-order valence-electron chi connectivity index (χ3n) is 3.85. The van der Waals surface area contributed by atoms with Crippen molar-refractivity contribution in [2.45, 2.75) is 50.7 Å². The lowest BCUT2D eigenvalue weighted by atomic mass is 10.0.